The zero-order valence-corrected chi connectivity index (χ0v) is 13.4. The predicted octanol–water partition coefficient (Wildman–Crippen LogP) is 5.90. The van der Waals surface area contributed by atoms with Crippen LogP contribution in [0.1, 0.15) is 24.1 Å². The Labute approximate surface area is 135 Å². The molecule has 0 spiro atoms. The second-order valence-corrected chi connectivity index (χ2v) is 6.39. The van der Waals surface area contributed by atoms with Crippen LogP contribution in [0, 0.1) is 5.92 Å². The smallest absolute Gasteiger partial charge is 0.0611 e. The number of hydrogen-bond donors (Lipinski definition) is 1. The van der Waals surface area contributed by atoms with Gasteiger partial charge in [-0.25, -0.2) is 0 Å². The summed E-state index contributed by atoms with van der Waals surface area (Å²) < 4.78 is 0. The molecule has 1 aliphatic heterocycles. The summed E-state index contributed by atoms with van der Waals surface area (Å²) in [6.07, 6.45) is 0.949. The van der Waals surface area contributed by atoms with Crippen molar-refractivity contribution in [3.63, 3.8) is 0 Å². The Morgan fingerprint density at radius 1 is 1.10 bits per heavy atom. The fraction of sp³-hybridized carbons (Fsp3) is 0.222. The highest BCUT2D eigenvalue weighted by Gasteiger charge is 2.32. The summed E-state index contributed by atoms with van der Waals surface area (Å²) in [5.41, 5.74) is 4.56. The molecule has 0 saturated heterocycles. The van der Waals surface area contributed by atoms with Gasteiger partial charge in [0, 0.05) is 27.2 Å². The van der Waals surface area contributed by atoms with Gasteiger partial charge in [-0.05, 0) is 37.1 Å². The second kappa shape index (κ2) is 5.75. The third kappa shape index (κ3) is 2.68. The van der Waals surface area contributed by atoms with Crippen molar-refractivity contribution in [3.8, 4) is 0 Å². The molecule has 108 valence electrons. The molecular formula is C18H17Cl2N. The van der Waals surface area contributed by atoms with Gasteiger partial charge in [-0.15, -0.1) is 0 Å². The molecule has 3 heteroatoms. The molecule has 1 aliphatic rings. The van der Waals surface area contributed by atoms with Crippen molar-refractivity contribution in [1.29, 1.82) is 0 Å². The van der Waals surface area contributed by atoms with Crippen LogP contribution in [-0.4, -0.2) is 0 Å². The third-order valence-electron chi connectivity index (χ3n) is 4.11. The number of nitrogens with one attached hydrogen (secondary N) is 1. The average Bonchev–Trinajstić information content (AvgIpc) is 2.46. The minimum atomic E-state index is 0.0543. The molecule has 2 atom stereocenters. The highest BCUT2D eigenvalue weighted by Crippen LogP contribution is 2.43. The van der Waals surface area contributed by atoms with E-state index in [2.05, 4.69) is 37.0 Å². The maximum Gasteiger partial charge on any atom is 0.0611 e. The van der Waals surface area contributed by atoms with E-state index in [1.807, 2.05) is 24.3 Å². The molecule has 2 aromatic carbocycles. The lowest BCUT2D eigenvalue weighted by Crippen LogP contribution is -2.29. The van der Waals surface area contributed by atoms with Gasteiger partial charge in [-0.1, -0.05) is 59.6 Å². The lowest BCUT2D eigenvalue weighted by molar-refractivity contribution is 0.505. The van der Waals surface area contributed by atoms with E-state index in [1.54, 1.807) is 0 Å². The van der Waals surface area contributed by atoms with Crippen LogP contribution in [0.15, 0.2) is 54.6 Å². The van der Waals surface area contributed by atoms with Gasteiger partial charge in [0.15, 0.2) is 0 Å². The molecule has 0 radical (unpaired) electrons. The van der Waals surface area contributed by atoms with Crippen LogP contribution < -0.4 is 5.32 Å². The van der Waals surface area contributed by atoms with Crippen molar-refractivity contribution >= 4 is 28.9 Å². The molecular weight excluding hydrogens is 301 g/mol. The van der Waals surface area contributed by atoms with Crippen molar-refractivity contribution in [2.24, 2.45) is 5.92 Å². The zero-order chi connectivity index (χ0) is 15.0. The number of para-hydroxylation sites is 1. The molecule has 0 fully saturated rings. The molecule has 0 unspecified atom stereocenters. The molecule has 0 bridgehead atoms. The van der Waals surface area contributed by atoms with E-state index in [1.165, 1.54) is 5.56 Å². The first kappa shape index (κ1) is 14.5. The van der Waals surface area contributed by atoms with Crippen LogP contribution in [0.25, 0.3) is 0 Å². The van der Waals surface area contributed by atoms with Crippen molar-refractivity contribution in [2.45, 2.75) is 19.4 Å². The van der Waals surface area contributed by atoms with Gasteiger partial charge in [-0.3, -0.25) is 0 Å². The number of rotatable bonds is 2. The van der Waals surface area contributed by atoms with Crippen molar-refractivity contribution in [1.82, 2.24) is 0 Å². The van der Waals surface area contributed by atoms with E-state index in [9.17, 15) is 0 Å². The van der Waals surface area contributed by atoms with Crippen LogP contribution in [0.3, 0.4) is 0 Å². The largest absolute Gasteiger partial charge is 0.377 e. The molecule has 0 aromatic heterocycles. The Morgan fingerprint density at radius 3 is 2.43 bits per heavy atom. The van der Waals surface area contributed by atoms with E-state index in [0.29, 0.717) is 10.0 Å². The molecule has 3 rings (SSSR count). The van der Waals surface area contributed by atoms with E-state index in [4.69, 9.17) is 23.2 Å². The van der Waals surface area contributed by atoms with E-state index in [0.717, 1.165) is 23.2 Å². The zero-order valence-electron chi connectivity index (χ0n) is 11.9. The summed E-state index contributed by atoms with van der Waals surface area (Å²) in [5, 5.41) is 5.00. The minimum Gasteiger partial charge on any atom is -0.377 e. The highest BCUT2D eigenvalue weighted by molar-refractivity contribution is 6.36. The Morgan fingerprint density at radius 2 is 1.76 bits per heavy atom. The monoisotopic (exact) mass is 317 g/mol. The first-order valence-electron chi connectivity index (χ1n) is 7.01. The first-order chi connectivity index (χ1) is 10.1. The maximum atomic E-state index is 6.41. The van der Waals surface area contributed by atoms with Crippen LogP contribution in [0.5, 0.6) is 0 Å². The topological polar surface area (TPSA) is 12.0 Å². The summed E-state index contributed by atoms with van der Waals surface area (Å²) in [5.74, 6) is 0.275. The standard InChI is InChI=1S/C18H17Cl2N/c1-11(2)13-10-12-6-3-4-9-16(12)21-18(13)17-14(19)7-5-8-15(17)20/h3-9,13,18,21H,1,10H2,2H3/t13-,18-/m1/s1. The van der Waals surface area contributed by atoms with Crippen molar-refractivity contribution in [3.05, 3.63) is 75.8 Å². The molecule has 1 nitrogen and oxygen atoms in total. The Balaban J connectivity index is 2.10. The van der Waals surface area contributed by atoms with Gasteiger partial charge in [-0.2, -0.15) is 0 Å². The summed E-state index contributed by atoms with van der Waals surface area (Å²) in [7, 11) is 0. The van der Waals surface area contributed by atoms with Gasteiger partial charge in [0.05, 0.1) is 6.04 Å². The molecule has 0 saturated carbocycles. The molecule has 2 aromatic rings. The lowest BCUT2D eigenvalue weighted by atomic mass is 9.80. The molecule has 1 heterocycles. The van der Waals surface area contributed by atoms with Gasteiger partial charge in [0.25, 0.3) is 0 Å². The Bertz CT molecular complexity index is 673. The van der Waals surface area contributed by atoms with Crippen LogP contribution in [-0.2, 0) is 6.42 Å². The van der Waals surface area contributed by atoms with Gasteiger partial charge >= 0.3 is 0 Å². The van der Waals surface area contributed by atoms with Crippen LogP contribution in [0.4, 0.5) is 5.69 Å². The van der Waals surface area contributed by atoms with Crippen molar-refractivity contribution < 1.29 is 0 Å². The SMILES string of the molecule is C=C(C)[C@H]1Cc2ccccc2N[C@H]1c1c(Cl)cccc1Cl. The van der Waals surface area contributed by atoms with E-state index in [-0.39, 0.29) is 12.0 Å². The second-order valence-electron chi connectivity index (χ2n) is 5.57. The Hall–Kier alpha value is -1.44. The van der Waals surface area contributed by atoms with Gasteiger partial charge in [0.1, 0.15) is 0 Å². The van der Waals surface area contributed by atoms with E-state index < -0.39 is 0 Å². The van der Waals surface area contributed by atoms with Gasteiger partial charge in [0.2, 0.25) is 0 Å². The number of fused-ring (bicyclic) bond motifs is 1. The summed E-state index contributed by atoms with van der Waals surface area (Å²) in [6, 6.07) is 14.1. The molecule has 0 amide bonds. The Kier molecular flexibility index (Phi) is 3.97. The summed E-state index contributed by atoms with van der Waals surface area (Å²) in [6.45, 7) is 6.23. The fourth-order valence-corrected chi connectivity index (χ4v) is 3.63. The number of halogens is 2. The van der Waals surface area contributed by atoms with E-state index >= 15 is 0 Å². The lowest BCUT2D eigenvalue weighted by Gasteiger charge is -2.36. The molecule has 21 heavy (non-hydrogen) atoms. The van der Waals surface area contributed by atoms with Crippen molar-refractivity contribution in [2.75, 3.05) is 5.32 Å². The van der Waals surface area contributed by atoms with Gasteiger partial charge < -0.3 is 5.32 Å². The first-order valence-corrected chi connectivity index (χ1v) is 7.77. The molecule has 1 N–H and O–H groups in total. The fourth-order valence-electron chi connectivity index (χ4n) is 3.00. The van der Waals surface area contributed by atoms with Crippen LogP contribution in [0.2, 0.25) is 10.0 Å². The van der Waals surface area contributed by atoms with Crippen LogP contribution >= 0.6 is 23.2 Å². The number of hydrogen-bond acceptors (Lipinski definition) is 1. The predicted molar refractivity (Wildman–Crippen MR) is 91.3 cm³/mol. The quantitative estimate of drug-likeness (QED) is 0.680. The highest BCUT2D eigenvalue weighted by atomic mass is 35.5. The maximum absolute atomic E-state index is 6.41. The normalized spacial score (nSPS) is 20.5. The number of anilines is 1. The minimum absolute atomic E-state index is 0.0543. The average molecular weight is 318 g/mol. The third-order valence-corrected chi connectivity index (χ3v) is 4.77. The number of benzene rings is 2. The summed E-state index contributed by atoms with van der Waals surface area (Å²) in [4.78, 5) is 0. The molecule has 0 aliphatic carbocycles. The summed E-state index contributed by atoms with van der Waals surface area (Å²) >= 11 is 12.8.